The minimum Gasteiger partial charge on any atom is -0.495 e. The zero-order valence-electron chi connectivity index (χ0n) is 19.2. The normalized spacial score (nSPS) is 11.4. The zero-order valence-corrected chi connectivity index (χ0v) is 19.9. The zero-order chi connectivity index (χ0) is 22.9. The third kappa shape index (κ3) is 3.86. The van der Waals surface area contributed by atoms with E-state index >= 15 is 0 Å². The van der Waals surface area contributed by atoms with Gasteiger partial charge in [-0.05, 0) is 39.2 Å². The molecule has 0 aliphatic carbocycles. The monoisotopic (exact) mass is 452 g/mol. The van der Waals surface area contributed by atoms with Crippen LogP contribution in [-0.4, -0.2) is 21.2 Å². The number of fused-ring (bicyclic) bond motifs is 2. The Morgan fingerprint density at radius 3 is 1.94 bits per heavy atom. The summed E-state index contributed by atoms with van der Waals surface area (Å²) in [7, 11) is 6.08. The van der Waals surface area contributed by atoms with Gasteiger partial charge >= 0.3 is 0 Å². The highest BCUT2D eigenvalue weighted by Gasteiger charge is 2.24. The van der Waals surface area contributed by atoms with Gasteiger partial charge in [0.15, 0.2) is 0 Å². The van der Waals surface area contributed by atoms with E-state index in [0.717, 1.165) is 55.9 Å². The van der Waals surface area contributed by atoms with Crippen molar-refractivity contribution in [3.05, 3.63) is 102 Å². The molecule has 0 saturated heterocycles. The van der Waals surface area contributed by atoms with Gasteiger partial charge in [0.05, 0.1) is 26.2 Å². The quantitative estimate of drug-likeness (QED) is 0.316. The second-order valence-electron chi connectivity index (χ2n) is 8.74. The number of nitrogens with one attached hydrogen (secondary N) is 1. The fraction of sp³-hybridized carbons (Fsp3) is 0.133. The third-order valence-electron chi connectivity index (χ3n) is 6.17. The Labute approximate surface area is 200 Å². The van der Waals surface area contributed by atoms with Crippen LogP contribution in [0.4, 0.5) is 0 Å². The molecule has 0 radical (unpaired) electrons. The van der Waals surface area contributed by atoms with Crippen molar-refractivity contribution >= 4 is 33.1 Å². The van der Waals surface area contributed by atoms with Gasteiger partial charge < -0.3 is 9.64 Å². The van der Waals surface area contributed by atoms with E-state index in [4.69, 9.17) is 16.3 Å². The minimum atomic E-state index is 0.793. The Bertz CT molecular complexity index is 1460. The van der Waals surface area contributed by atoms with Crippen LogP contribution in [-0.2, 0) is 6.54 Å². The molecule has 1 N–H and O–H groups in total. The van der Waals surface area contributed by atoms with E-state index < -0.39 is 0 Å². The summed E-state index contributed by atoms with van der Waals surface area (Å²) in [5, 5.41) is 5.45. The van der Waals surface area contributed by atoms with Gasteiger partial charge in [0.1, 0.15) is 12.3 Å². The van der Waals surface area contributed by atoms with Crippen LogP contribution in [0.25, 0.3) is 43.8 Å². The van der Waals surface area contributed by atoms with E-state index in [1.165, 1.54) is 15.7 Å². The maximum Gasteiger partial charge on any atom is 0.135 e. The summed E-state index contributed by atoms with van der Waals surface area (Å²) in [4.78, 5) is 1.32. The lowest BCUT2D eigenvalue weighted by Gasteiger charge is -2.22. The summed E-state index contributed by atoms with van der Waals surface area (Å²) >= 11 is 6.95. The van der Waals surface area contributed by atoms with Crippen LogP contribution in [0.3, 0.4) is 0 Å². The fourth-order valence-corrected chi connectivity index (χ4v) is 5.07. The molecule has 0 amide bonds. The first-order chi connectivity index (χ1) is 16.1. The topological polar surface area (TPSA) is 13.7 Å². The van der Waals surface area contributed by atoms with Gasteiger partial charge in [-0.25, -0.2) is 0 Å². The number of ether oxygens (including phenoxy) is 1. The summed E-state index contributed by atoms with van der Waals surface area (Å²) in [6.45, 7) is 0.812. The number of benzene rings is 5. The number of hydrogen-bond acceptors (Lipinski definition) is 1. The van der Waals surface area contributed by atoms with Crippen LogP contribution in [0.5, 0.6) is 5.75 Å². The van der Waals surface area contributed by atoms with Crippen LogP contribution in [0, 0.1) is 0 Å². The molecule has 0 atom stereocenters. The number of rotatable bonds is 5. The summed E-state index contributed by atoms with van der Waals surface area (Å²) in [5.41, 5.74) is 5.62. The lowest BCUT2D eigenvalue weighted by atomic mass is 9.86. The largest absolute Gasteiger partial charge is 0.495 e. The fourth-order valence-electron chi connectivity index (χ4n) is 4.79. The van der Waals surface area contributed by atoms with E-state index in [9.17, 15) is 0 Å². The van der Waals surface area contributed by atoms with Gasteiger partial charge in [-0.2, -0.15) is 0 Å². The Hall–Kier alpha value is -3.33. The Balaban J connectivity index is 1.99. The Morgan fingerprint density at radius 2 is 1.30 bits per heavy atom. The number of hydrogen-bond donors (Lipinski definition) is 1. The van der Waals surface area contributed by atoms with E-state index in [2.05, 4.69) is 99.0 Å². The molecule has 0 aromatic heterocycles. The first-order valence-electron chi connectivity index (χ1n) is 11.2. The smallest absolute Gasteiger partial charge is 0.135 e. The number of methoxy groups -OCH3 is 1. The maximum atomic E-state index is 6.95. The van der Waals surface area contributed by atoms with Gasteiger partial charge in [0.2, 0.25) is 0 Å². The first kappa shape index (κ1) is 21.5. The summed E-state index contributed by atoms with van der Waals surface area (Å²) in [5.74, 6) is 0.877. The number of halogens is 1. The molecule has 0 spiro atoms. The van der Waals surface area contributed by atoms with Gasteiger partial charge in [0.25, 0.3) is 0 Å². The molecular weight excluding hydrogens is 426 g/mol. The molecule has 0 heterocycles. The predicted molar refractivity (Wildman–Crippen MR) is 140 cm³/mol. The third-order valence-corrected chi connectivity index (χ3v) is 6.51. The minimum absolute atomic E-state index is 0.793. The molecule has 0 fully saturated rings. The summed E-state index contributed by atoms with van der Waals surface area (Å²) in [6.07, 6.45) is 0. The van der Waals surface area contributed by atoms with Gasteiger partial charge in [-0.1, -0.05) is 90.5 Å². The maximum absolute atomic E-state index is 6.95. The lowest BCUT2D eigenvalue weighted by molar-refractivity contribution is -0.872. The standard InChI is InChI=1S/C30H26ClNO/c1-32(2)19-26-27(31)18-22-14-8-9-15-23(22)28(26)29-24-16-10-7-13-21(24)17-25(30(29)33-3)20-11-5-4-6-12-20/h4-18H,19H2,1-3H3/p+1. The molecule has 2 nitrogen and oxygen atoms in total. The summed E-state index contributed by atoms with van der Waals surface area (Å²) in [6, 6.07) is 31.8. The predicted octanol–water partition coefficient (Wildman–Crippen LogP) is 6.63. The average Bonchev–Trinajstić information content (AvgIpc) is 2.84. The van der Waals surface area contributed by atoms with Crippen LogP contribution in [0.15, 0.2) is 91.0 Å². The highest BCUT2D eigenvalue weighted by Crippen LogP contribution is 2.48. The van der Waals surface area contributed by atoms with E-state index in [1.54, 1.807) is 7.11 Å². The van der Waals surface area contributed by atoms with E-state index in [-0.39, 0.29) is 0 Å². The molecule has 164 valence electrons. The molecule has 0 saturated carbocycles. The Kier molecular flexibility index (Phi) is 5.80. The van der Waals surface area contributed by atoms with Gasteiger partial charge in [0, 0.05) is 22.3 Å². The molecule has 3 heteroatoms. The first-order valence-corrected chi connectivity index (χ1v) is 11.6. The molecule has 0 aliphatic rings. The second-order valence-corrected chi connectivity index (χ2v) is 9.14. The van der Waals surface area contributed by atoms with Crippen molar-refractivity contribution in [3.8, 4) is 28.0 Å². The van der Waals surface area contributed by atoms with Crippen molar-refractivity contribution in [2.24, 2.45) is 0 Å². The van der Waals surface area contributed by atoms with Crippen molar-refractivity contribution in [2.75, 3.05) is 21.2 Å². The molecule has 0 bridgehead atoms. The van der Waals surface area contributed by atoms with Crippen molar-refractivity contribution in [3.63, 3.8) is 0 Å². The molecule has 5 aromatic carbocycles. The average molecular weight is 453 g/mol. The lowest BCUT2D eigenvalue weighted by Crippen LogP contribution is -3.04. The van der Waals surface area contributed by atoms with E-state index in [0.29, 0.717) is 0 Å². The van der Waals surface area contributed by atoms with E-state index in [1.807, 2.05) is 6.07 Å². The van der Waals surface area contributed by atoms with Crippen LogP contribution >= 0.6 is 11.6 Å². The highest BCUT2D eigenvalue weighted by atomic mass is 35.5. The molecule has 0 aliphatic heterocycles. The Morgan fingerprint density at radius 1 is 0.727 bits per heavy atom. The van der Waals surface area contributed by atoms with Crippen LogP contribution < -0.4 is 9.64 Å². The molecular formula is C30H27ClNO+. The molecule has 33 heavy (non-hydrogen) atoms. The van der Waals surface area contributed by atoms with Crippen molar-refractivity contribution in [1.82, 2.24) is 0 Å². The number of quaternary nitrogens is 1. The molecule has 5 rings (SSSR count). The SMILES string of the molecule is COc1c(-c2ccccc2)cc2ccccc2c1-c1c(C[NH+](C)C)c(Cl)cc2ccccc12. The second kappa shape index (κ2) is 8.90. The summed E-state index contributed by atoms with van der Waals surface area (Å²) < 4.78 is 6.19. The highest BCUT2D eigenvalue weighted by molar-refractivity contribution is 6.33. The van der Waals surface area contributed by atoms with Crippen molar-refractivity contribution < 1.29 is 9.64 Å². The van der Waals surface area contributed by atoms with Gasteiger partial charge in [-0.15, -0.1) is 0 Å². The van der Waals surface area contributed by atoms with Gasteiger partial charge in [-0.3, -0.25) is 0 Å². The van der Waals surface area contributed by atoms with Crippen molar-refractivity contribution in [2.45, 2.75) is 6.54 Å². The molecule has 0 unspecified atom stereocenters. The van der Waals surface area contributed by atoms with Crippen LogP contribution in [0.1, 0.15) is 5.56 Å². The molecule has 5 aromatic rings. The van der Waals surface area contributed by atoms with Crippen molar-refractivity contribution in [1.29, 1.82) is 0 Å². The van der Waals surface area contributed by atoms with Crippen LogP contribution in [0.2, 0.25) is 5.02 Å².